The number of aliphatic hydroxyl groups is 7. The van der Waals surface area contributed by atoms with Crippen LogP contribution in [0.3, 0.4) is 0 Å². The lowest BCUT2D eigenvalue weighted by molar-refractivity contribution is -0.340. The average Bonchev–Trinajstić information content (AvgIpc) is 2.54. The summed E-state index contributed by atoms with van der Waals surface area (Å²) in [6.45, 7) is -1.26. The molecule has 2 aliphatic rings. The molecule has 0 amide bonds. The van der Waals surface area contributed by atoms with E-state index in [1.807, 2.05) is 0 Å². The highest BCUT2D eigenvalue weighted by atomic mass is 16.7. The van der Waals surface area contributed by atoms with Crippen molar-refractivity contribution in [3.05, 3.63) is 0 Å². The van der Waals surface area contributed by atoms with Gasteiger partial charge < -0.3 is 55.7 Å². The van der Waals surface area contributed by atoms with E-state index in [0.29, 0.717) is 0 Å². The van der Waals surface area contributed by atoms with Gasteiger partial charge in [-0.05, 0) is 0 Å². The molecule has 0 saturated carbocycles. The summed E-state index contributed by atoms with van der Waals surface area (Å²) >= 11 is 0. The minimum atomic E-state index is -1.72. The van der Waals surface area contributed by atoms with Gasteiger partial charge in [-0.3, -0.25) is 0 Å². The van der Waals surface area contributed by atoms with Crippen molar-refractivity contribution in [1.82, 2.24) is 0 Å². The molecule has 2 saturated heterocycles. The van der Waals surface area contributed by atoms with Crippen molar-refractivity contribution < 1.29 is 50.0 Å². The molecule has 0 aromatic heterocycles. The molecular formula is C12H23NO10. The fraction of sp³-hybridized carbons (Fsp3) is 1.00. The largest absolute Gasteiger partial charge is 0.394 e. The fourth-order valence-corrected chi connectivity index (χ4v) is 2.61. The summed E-state index contributed by atoms with van der Waals surface area (Å²) in [6.07, 6.45) is -13.0. The van der Waals surface area contributed by atoms with Gasteiger partial charge in [0.15, 0.2) is 12.6 Å². The van der Waals surface area contributed by atoms with Crippen molar-refractivity contribution in [1.29, 1.82) is 0 Å². The van der Waals surface area contributed by atoms with E-state index >= 15 is 0 Å². The second-order valence-corrected chi connectivity index (χ2v) is 5.61. The number of hydrogen-bond donors (Lipinski definition) is 8. The zero-order chi connectivity index (χ0) is 17.3. The first-order chi connectivity index (χ1) is 10.8. The molecule has 0 aromatic carbocycles. The highest BCUT2D eigenvalue weighted by Crippen LogP contribution is 2.27. The van der Waals surface area contributed by atoms with Gasteiger partial charge >= 0.3 is 0 Å². The second kappa shape index (κ2) is 7.63. The lowest BCUT2D eigenvalue weighted by Crippen LogP contribution is -2.66. The van der Waals surface area contributed by atoms with E-state index in [1.165, 1.54) is 0 Å². The Bertz CT molecular complexity index is 385. The maximum atomic E-state index is 10.0. The van der Waals surface area contributed by atoms with Crippen LogP contribution in [0, 0.1) is 0 Å². The zero-order valence-corrected chi connectivity index (χ0v) is 12.1. The SMILES string of the molecule is N[C@@H]1[C@H](O[C@@H]2[C@@H](O)[C@@H](O)O[C@H](CO)[C@@H]2O)O[C@H](CO)[C@@H](O)[C@@H]1O. The van der Waals surface area contributed by atoms with Crippen molar-refractivity contribution in [2.24, 2.45) is 5.73 Å². The number of ether oxygens (including phenoxy) is 3. The minimum absolute atomic E-state index is 0.619. The van der Waals surface area contributed by atoms with Gasteiger partial charge in [0.2, 0.25) is 0 Å². The summed E-state index contributed by atoms with van der Waals surface area (Å²) in [6, 6.07) is -1.24. The maximum Gasteiger partial charge on any atom is 0.184 e. The molecule has 0 spiro atoms. The van der Waals surface area contributed by atoms with Crippen LogP contribution in [0.4, 0.5) is 0 Å². The van der Waals surface area contributed by atoms with Crippen molar-refractivity contribution in [2.45, 2.75) is 61.3 Å². The molecular weight excluding hydrogens is 318 g/mol. The van der Waals surface area contributed by atoms with Crippen molar-refractivity contribution >= 4 is 0 Å². The number of rotatable bonds is 4. The molecule has 2 fully saturated rings. The van der Waals surface area contributed by atoms with E-state index in [9.17, 15) is 25.5 Å². The summed E-state index contributed by atoms with van der Waals surface area (Å²) < 4.78 is 15.4. The zero-order valence-electron chi connectivity index (χ0n) is 12.1. The van der Waals surface area contributed by atoms with Crippen LogP contribution < -0.4 is 5.73 Å². The van der Waals surface area contributed by atoms with Gasteiger partial charge in [0.05, 0.1) is 19.3 Å². The van der Waals surface area contributed by atoms with Crippen LogP contribution in [0.5, 0.6) is 0 Å². The van der Waals surface area contributed by atoms with Crippen molar-refractivity contribution in [3.8, 4) is 0 Å². The van der Waals surface area contributed by atoms with E-state index in [0.717, 1.165) is 0 Å². The summed E-state index contributed by atoms with van der Waals surface area (Å²) in [5.41, 5.74) is 5.69. The third-order valence-electron chi connectivity index (χ3n) is 4.06. The maximum absolute atomic E-state index is 10.0. The lowest BCUT2D eigenvalue weighted by Gasteiger charge is -2.45. The molecule has 0 bridgehead atoms. The van der Waals surface area contributed by atoms with Gasteiger partial charge in [0, 0.05) is 0 Å². The number of nitrogens with two attached hydrogens (primary N) is 1. The van der Waals surface area contributed by atoms with Crippen LogP contribution in [0.25, 0.3) is 0 Å². The first-order valence-electron chi connectivity index (χ1n) is 7.15. The highest BCUT2D eigenvalue weighted by Gasteiger charge is 2.49. The standard InChI is InChI=1S/C12H23NO10/c13-5-8(18)6(16)3(1-14)22-12(5)23-10-7(17)4(2-15)21-11(20)9(10)19/h3-12,14-20H,1-2,13H2/t3-,4-,5+,6-,7+,8-,9-,10+,11+,12+/m1/s1. The summed E-state index contributed by atoms with van der Waals surface area (Å²) in [5.74, 6) is 0. The van der Waals surface area contributed by atoms with Gasteiger partial charge in [-0.1, -0.05) is 0 Å². The van der Waals surface area contributed by atoms with Gasteiger partial charge in [-0.15, -0.1) is 0 Å². The Hall–Kier alpha value is -0.440. The Morgan fingerprint density at radius 1 is 0.783 bits per heavy atom. The molecule has 11 heteroatoms. The Morgan fingerprint density at radius 3 is 1.91 bits per heavy atom. The topological polar surface area (TPSA) is 195 Å². The van der Waals surface area contributed by atoms with E-state index in [2.05, 4.69) is 0 Å². The van der Waals surface area contributed by atoms with Crippen LogP contribution >= 0.6 is 0 Å². The predicted octanol–water partition coefficient (Wildman–Crippen LogP) is -5.43. The Balaban J connectivity index is 2.11. The fourth-order valence-electron chi connectivity index (χ4n) is 2.61. The molecule has 136 valence electrons. The summed E-state index contributed by atoms with van der Waals surface area (Å²) in [4.78, 5) is 0. The van der Waals surface area contributed by atoms with Crippen LogP contribution in [-0.2, 0) is 14.2 Å². The summed E-state index contributed by atoms with van der Waals surface area (Å²) in [5, 5.41) is 67.3. The van der Waals surface area contributed by atoms with Gasteiger partial charge in [0.25, 0.3) is 0 Å². The van der Waals surface area contributed by atoms with Gasteiger partial charge in [0.1, 0.15) is 42.7 Å². The minimum Gasteiger partial charge on any atom is -0.394 e. The van der Waals surface area contributed by atoms with Crippen LogP contribution in [0.2, 0.25) is 0 Å². The molecule has 0 aromatic rings. The molecule has 2 heterocycles. The average molecular weight is 341 g/mol. The molecule has 11 nitrogen and oxygen atoms in total. The van der Waals surface area contributed by atoms with E-state index < -0.39 is 74.6 Å². The first kappa shape index (κ1) is 18.9. The van der Waals surface area contributed by atoms with E-state index in [-0.39, 0.29) is 0 Å². The molecule has 9 N–H and O–H groups in total. The lowest BCUT2D eigenvalue weighted by atomic mass is 9.96. The molecule has 0 aliphatic carbocycles. The number of hydrogen-bond acceptors (Lipinski definition) is 11. The van der Waals surface area contributed by atoms with Gasteiger partial charge in [-0.25, -0.2) is 0 Å². The predicted molar refractivity (Wildman–Crippen MR) is 70.6 cm³/mol. The molecule has 0 radical (unpaired) electrons. The van der Waals surface area contributed by atoms with Gasteiger partial charge in [-0.2, -0.15) is 0 Å². The molecule has 10 atom stereocenters. The Morgan fingerprint density at radius 2 is 1.35 bits per heavy atom. The number of aliphatic hydroxyl groups excluding tert-OH is 7. The van der Waals surface area contributed by atoms with E-state index in [1.54, 1.807) is 0 Å². The third kappa shape index (κ3) is 3.65. The Kier molecular flexibility index (Phi) is 6.27. The molecule has 2 aliphatic heterocycles. The van der Waals surface area contributed by atoms with Crippen molar-refractivity contribution in [2.75, 3.05) is 13.2 Å². The van der Waals surface area contributed by atoms with E-state index in [4.69, 9.17) is 30.2 Å². The Labute approximate surface area is 131 Å². The monoisotopic (exact) mass is 341 g/mol. The molecule has 23 heavy (non-hydrogen) atoms. The smallest absolute Gasteiger partial charge is 0.184 e. The van der Waals surface area contributed by atoms with Crippen molar-refractivity contribution in [3.63, 3.8) is 0 Å². The van der Waals surface area contributed by atoms with Crippen LogP contribution in [0.1, 0.15) is 0 Å². The third-order valence-corrected chi connectivity index (χ3v) is 4.06. The summed E-state index contributed by atoms with van der Waals surface area (Å²) in [7, 11) is 0. The normalized spacial score (nSPS) is 51.7. The molecule has 2 rings (SSSR count). The first-order valence-corrected chi connectivity index (χ1v) is 7.15. The highest BCUT2D eigenvalue weighted by molar-refractivity contribution is 4.95. The quantitative estimate of drug-likeness (QED) is 0.243. The van der Waals surface area contributed by atoms with Crippen LogP contribution in [-0.4, -0.2) is 110 Å². The van der Waals surface area contributed by atoms with Crippen LogP contribution in [0.15, 0.2) is 0 Å². The second-order valence-electron chi connectivity index (χ2n) is 5.61. The molecule has 0 unspecified atom stereocenters.